The van der Waals surface area contributed by atoms with Gasteiger partial charge in [0.15, 0.2) is 0 Å². The smallest absolute Gasteiger partial charge is 0.301 e. The fourth-order valence-corrected chi connectivity index (χ4v) is 2.21. The molecule has 1 atom stereocenters. The van der Waals surface area contributed by atoms with Gasteiger partial charge in [-0.3, -0.25) is 4.79 Å². The zero-order valence-corrected chi connectivity index (χ0v) is 14.2. The summed E-state index contributed by atoms with van der Waals surface area (Å²) >= 11 is 5.80. The van der Waals surface area contributed by atoms with Crippen LogP contribution in [-0.4, -0.2) is 25.5 Å². The number of benzene rings is 1. The summed E-state index contributed by atoms with van der Waals surface area (Å²) in [6.07, 6.45) is 4.05. The summed E-state index contributed by atoms with van der Waals surface area (Å²) in [4.78, 5) is 11.4. The number of ether oxygens (including phenoxy) is 1. The first-order valence-corrected chi connectivity index (χ1v) is 7.47. The maximum absolute atomic E-state index is 11.4. The van der Waals surface area contributed by atoms with Crippen molar-refractivity contribution in [2.45, 2.75) is 44.3 Å². The zero-order valence-electron chi connectivity index (χ0n) is 12.6. The molecule has 0 spiro atoms. The van der Waals surface area contributed by atoms with Gasteiger partial charge in [0, 0.05) is 10.3 Å². The number of aliphatic carboxylic acids is 1. The standard InChI is InChI=1S/C15H22BClO3.ClH/c1-2-3-9-15(16,14(18)19)10-4-11-20-13-7-5-12(17)6-8-13;/h5-8H,2-4,9-11,16H2,1H3,(H,18,19);1H. The van der Waals surface area contributed by atoms with Crippen LogP contribution in [0.15, 0.2) is 24.3 Å². The molecule has 1 aromatic rings. The van der Waals surface area contributed by atoms with Gasteiger partial charge in [0.25, 0.3) is 0 Å². The Kier molecular flexibility index (Phi) is 9.55. The van der Waals surface area contributed by atoms with Crippen LogP contribution in [0.1, 0.15) is 39.0 Å². The van der Waals surface area contributed by atoms with Crippen LogP contribution in [0.25, 0.3) is 0 Å². The largest absolute Gasteiger partial charge is 0.494 e. The van der Waals surface area contributed by atoms with Crippen LogP contribution in [0.5, 0.6) is 5.75 Å². The maximum Gasteiger partial charge on any atom is 0.301 e. The van der Waals surface area contributed by atoms with Crippen molar-refractivity contribution in [3.8, 4) is 5.75 Å². The lowest BCUT2D eigenvalue weighted by Crippen LogP contribution is -2.24. The number of carbonyl (C=O) groups is 1. The van der Waals surface area contributed by atoms with Crippen molar-refractivity contribution in [3.05, 3.63) is 29.3 Å². The van der Waals surface area contributed by atoms with E-state index in [0.29, 0.717) is 18.1 Å². The molecule has 0 aliphatic carbocycles. The normalized spacial score (nSPS) is 13.0. The molecule has 0 saturated carbocycles. The molecule has 1 N–H and O–H groups in total. The number of halogens is 2. The molecule has 0 radical (unpaired) electrons. The van der Waals surface area contributed by atoms with Crippen molar-refractivity contribution in [1.82, 2.24) is 0 Å². The van der Waals surface area contributed by atoms with E-state index in [4.69, 9.17) is 16.3 Å². The van der Waals surface area contributed by atoms with Crippen LogP contribution in [0.2, 0.25) is 10.3 Å². The van der Waals surface area contributed by atoms with Gasteiger partial charge in [-0.2, -0.15) is 0 Å². The Hall–Kier alpha value is -0.865. The van der Waals surface area contributed by atoms with E-state index < -0.39 is 11.3 Å². The van der Waals surface area contributed by atoms with Gasteiger partial charge in [-0.05, 0) is 43.5 Å². The lowest BCUT2D eigenvalue weighted by atomic mass is 9.63. The van der Waals surface area contributed by atoms with Crippen molar-refractivity contribution < 1.29 is 14.6 Å². The van der Waals surface area contributed by atoms with Crippen LogP contribution >= 0.6 is 24.0 Å². The molecule has 0 aromatic heterocycles. The molecular weight excluding hydrogens is 310 g/mol. The molecule has 1 rings (SSSR count). The lowest BCUT2D eigenvalue weighted by molar-refractivity contribution is -0.141. The molecule has 0 aliphatic rings. The minimum atomic E-state index is -0.711. The maximum atomic E-state index is 11.4. The van der Waals surface area contributed by atoms with Crippen molar-refractivity contribution in [1.29, 1.82) is 0 Å². The Morgan fingerprint density at radius 2 is 1.86 bits per heavy atom. The van der Waals surface area contributed by atoms with Gasteiger partial charge in [0.05, 0.1) is 6.61 Å². The number of carboxylic acids is 1. The van der Waals surface area contributed by atoms with Gasteiger partial charge in [0.1, 0.15) is 13.6 Å². The van der Waals surface area contributed by atoms with Gasteiger partial charge in [-0.15, -0.1) is 12.4 Å². The average molecular weight is 333 g/mol. The predicted octanol–water partition coefficient (Wildman–Crippen LogP) is 3.99. The molecule has 0 amide bonds. The topological polar surface area (TPSA) is 46.5 Å². The Labute approximate surface area is 138 Å². The monoisotopic (exact) mass is 332 g/mol. The first-order chi connectivity index (χ1) is 9.48. The van der Waals surface area contributed by atoms with Gasteiger partial charge in [-0.1, -0.05) is 31.4 Å². The van der Waals surface area contributed by atoms with E-state index >= 15 is 0 Å². The Morgan fingerprint density at radius 1 is 1.29 bits per heavy atom. The highest BCUT2D eigenvalue weighted by molar-refractivity contribution is 6.30. The Balaban J connectivity index is 0.00000400. The van der Waals surface area contributed by atoms with E-state index in [0.717, 1.165) is 31.4 Å². The molecule has 6 heteroatoms. The first kappa shape index (κ1) is 20.1. The Bertz CT molecular complexity index is 425. The fourth-order valence-electron chi connectivity index (χ4n) is 2.09. The number of hydrogen-bond acceptors (Lipinski definition) is 2. The van der Waals surface area contributed by atoms with Gasteiger partial charge >= 0.3 is 5.97 Å². The highest BCUT2D eigenvalue weighted by Gasteiger charge is 2.31. The van der Waals surface area contributed by atoms with Crippen molar-refractivity contribution in [2.24, 2.45) is 0 Å². The number of carboxylic acid groups (broad SMARTS) is 1. The number of rotatable bonds is 9. The first-order valence-electron chi connectivity index (χ1n) is 7.10. The molecule has 0 bridgehead atoms. The van der Waals surface area contributed by atoms with Crippen molar-refractivity contribution in [2.75, 3.05) is 6.61 Å². The molecule has 21 heavy (non-hydrogen) atoms. The SMILES string of the molecule is BC(CCCC)(CCCOc1ccc(Cl)cc1)C(=O)O.Cl. The van der Waals surface area contributed by atoms with E-state index in [1.807, 2.05) is 20.0 Å². The van der Waals surface area contributed by atoms with Crippen LogP contribution in [-0.2, 0) is 4.79 Å². The van der Waals surface area contributed by atoms with Crippen molar-refractivity contribution in [3.63, 3.8) is 0 Å². The van der Waals surface area contributed by atoms with Crippen LogP contribution < -0.4 is 4.74 Å². The van der Waals surface area contributed by atoms with E-state index in [2.05, 4.69) is 6.92 Å². The van der Waals surface area contributed by atoms with Crippen molar-refractivity contribution >= 4 is 37.8 Å². The van der Waals surface area contributed by atoms with E-state index in [-0.39, 0.29) is 12.4 Å². The second-order valence-corrected chi connectivity index (χ2v) is 5.81. The molecule has 1 unspecified atom stereocenters. The summed E-state index contributed by atoms with van der Waals surface area (Å²) < 4.78 is 5.59. The third-order valence-electron chi connectivity index (χ3n) is 3.55. The predicted molar refractivity (Wildman–Crippen MR) is 91.8 cm³/mol. The summed E-state index contributed by atoms with van der Waals surface area (Å²) in [7, 11) is 1.83. The second-order valence-electron chi connectivity index (χ2n) is 5.38. The summed E-state index contributed by atoms with van der Waals surface area (Å²) in [6, 6.07) is 7.19. The highest BCUT2D eigenvalue weighted by atomic mass is 35.5. The minimum Gasteiger partial charge on any atom is -0.494 e. The highest BCUT2D eigenvalue weighted by Crippen LogP contribution is 2.34. The summed E-state index contributed by atoms with van der Waals surface area (Å²) in [5, 5.41) is 9.39. The number of unbranched alkanes of at least 4 members (excludes halogenated alkanes) is 1. The summed E-state index contributed by atoms with van der Waals surface area (Å²) in [5.74, 6) is 0.0532. The Morgan fingerprint density at radius 3 is 2.38 bits per heavy atom. The molecule has 0 saturated heterocycles. The van der Waals surface area contributed by atoms with E-state index in [1.54, 1.807) is 12.1 Å². The molecule has 0 aliphatic heterocycles. The molecule has 0 heterocycles. The zero-order chi connectivity index (χ0) is 15.0. The van der Waals surface area contributed by atoms with E-state index in [1.165, 1.54) is 0 Å². The average Bonchev–Trinajstić information content (AvgIpc) is 2.43. The molecule has 1 aromatic carbocycles. The summed E-state index contributed by atoms with van der Waals surface area (Å²) in [6.45, 7) is 2.60. The van der Waals surface area contributed by atoms with Crippen LogP contribution in [0.3, 0.4) is 0 Å². The van der Waals surface area contributed by atoms with Gasteiger partial charge < -0.3 is 9.84 Å². The fraction of sp³-hybridized carbons (Fsp3) is 0.533. The minimum absolute atomic E-state index is 0. The molecule has 3 nitrogen and oxygen atoms in total. The lowest BCUT2D eigenvalue weighted by Gasteiger charge is -2.24. The summed E-state index contributed by atoms with van der Waals surface area (Å²) in [5.41, 5.74) is 0. The third kappa shape index (κ3) is 7.10. The quantitative estimate of drug-likeness (QED) is 0.549. The third-order valence-corrected chi connectivity index (χ3v) is 3.81. The van der Waals surface area contributed by atoms with Gasteiger partial charge in [0.2, 0.25) is 0 Å². The van der Waals surface area contributed by atoms with E-state index in [9.17, 15) is 9.90 Å². The number of hydrogen-bond donors (Lipinski definition) is 1. The van der Waals surface area contributed by atoms with Gasteiger partial charge in [-0.25, -0.2) is 0 Å². The molecule has 118 valence electrons. The van der Waals surface area contributed by atoms with Crippen LogP contribution in [0, 0.1) is 0 Å². The van der Waals surface area contributed by atoms with Crippen LogP contribution in [0.4, 0.5) is 0 Å². The molecule has 0 fully saturated rings. The molecular formula is C15H23BCl2O3. The second kappa shape index (κ2) is 9.96.